The summed E-state index contributed by atoms with van der Waals surface area (Å²) >= 11 is 10.4. The van der Waals surface area contributed by atoms with Crippen LogP contribution in [0.4, 0.5) is 0 Å². The highest BCUT2D eigenvalue weighted by Gasteiger charge is 2.12. The topological polar surface area (TPSA) is 54.4 Å². The van der Waals surface area contributed by atoms with Gasteiger partial charge in [0.25, 0.3) is 0 Å². The van der Waals surface area contributed by atoms with Crippen LogP contribution in [-0.4, -0.2) is 16.9 Å². The molecule has 0 spiro atoms. The molecule has 0 unspecified atom stereocenters. The minimum Gasteiger partial charge on any atom is -0.481 e. The fraction of sp³-hybridized carbons (Fsp3) is 0.400. The number of Topliss-reactive ketones (excluding diaryl/α,β-unsaturated/α-hetero) is 1. The highest BCUT2D eigenvalue weighted by Crippen LogP contribution is 2.32. The van der Waals surface area contributed by atoms with Crippen LogP contribution in [0.5, 0.6) is 0 Å². The lowest BCUT2D eigenvalue weighted by atomic mass is 10.1. The molecule has 0 bridgehead atoms. The maximum Gasteiger partial charge on any atom is 0.303 e. The fourth-order valence-electron chi connectivity index (χ4n) is 1.17. The molecule has 3 nitrogen and oxygen atoms in total. The average Bonchev–Trinajstić information content (AvgIpc) is 2.54. The maximum atomic E-state index is 11.6. The van der Waals surface area contributed by atoms with Gasteiger partial charge >= 0.3 is 5.97 Å². The summed E-state index contributed by atoms with van der Waals surface area (Å²) in [6, 6.07) is 1.63. The zero-order valence-corrected chi connectivity index (χ0v) is 11.5. The summed E-state index contributed by atoms with van der Waals surface area (Å²) < 4.78 is 0.753. The number of aliphatic carboxylic acids is 1. The van der Waals surface area contributed by atoms with Crippen molar-refractivity contribution in [3.63, 3.8) is 0 Å². The van der Waals surface area contributed by atoms with Crippen LogP contribution in [0.2, 0.25) is 5.02 Å². The molecule has 0 aliphatic heterocycles. The van der Waals surface area contributed by atoms with Crippen molar-refractivity contribution >= 4 is 50.6 Å². The highest BCUT2D eigenvalue weighted by atomic mass is 79.9. The van der Waals surface area contributed by atoms with Gasteiger partial charge in [-0.05, 0) is 34.8 Å². The second-order valence-electron chi connectivity index (χ2n) is 3.26. The summed E-state index contributed by atoms with van der Waals surface area (Å²) in [5.41, 5.74) is 0. The third-order valence-electron chi connectivity index (χ3n) is 1.96. The standard InChI is InChI=1S/C10H10BrClO3S/c11-10-6(12)5-8(16-10)7(13)3-1-2-4-9(14)15/h5H,1-4H2,(H,14,15). The molecule has 0 radical (unpaired) electrons. The molecule has 1 aromatic heterocycles. The Morgan fingerprint density at radius 2 is 2.00 bits per heavy atom. The molecular weight excluding hydrogens is 316 g/mol. The SMILES string of the molecule is O=C(O)CCCCC(=O)c1cc(Cl)c(Br)s1. The van der Waals surface area contributed by atoms with Gasteiger partial charge in [0, 0.05) is 12.8 Å². The van der Waals surface area contributed by atoms with E-state index in [0.29, 0.717) is 29.2 Å². The molecule has 1 aromatic rings. The molecule has 0 aromatic carbocycles. The number of carboxylic acid groups (broad SMARTS) is 1. The van der Waals surface area contributed by atoms with Gasteiger partial charge in [0.15, 0.2) is 5.78 Å². The van der Waals surface area contributed by atoms with Gasteiger partial charge in [0.05, 0.1) is 13.7 Å². The van der Waals surface area contributed by atoms with Crippen molar-refractivity contribution in [3.05, 3.63) is 19.8 Å². The number of hydrogen-bond donors (Lipinski definition) is 1. The number of rotatable bonds is 6. The Morgan fingerprint density at radius 3 is 2.50 bits per heavy atom. The van der Waals surface area contributed by atoms with Gasteiger partial charge in [-0.2, -0.15) is 0 Å². The number of unbranched alkanes of at least 4 members (excludes halogenated alkanes) is 1. The summed E-state index contributed by atoms with van der Waals surface area (Å²) in [6.07, 6.45) is 1.61. The smallest absolute Gasteiger partial charge is 0.303 e. The highest BCUT2D eigenvalue weighted by molar-refractivity contribution is 9.11. The summed E-state index contributed by atoms with van der Waals surface area (Å²) in [7, 11) is 0. The molecule has 6 heteroatoms. The molecule has 88 valence electrons. The lowest BCUT2D eigenvalue weighted by Gasteiger charge is -1.96. The van der Waals surface area contributed by atoms with E-state index in [1.807, 2.05) is 0 Å². The average molecular weight is 326 g/mol. The van der Waals surface area contributed by atoms with Gasteiger partial charge in [-0.25, -0.2) is 0 Å². The molecule has 0 aliphatic rings. The van der Waals surface area contributed by atoms with E-state index in [0.717, 1.165) is 3.79 Å². The number of halogens is 2. The number of ketones is 1. The van der Waals surface area contributed by atoms with E-state index in [9.17, 15) is 9.59 Å². The monoisotopic (exact) mass is 324 g/mol. The van der Waals surface area contributed by atoms with Gasteiger partial charge < -0.3 is 5.11 Å². The van der Waals surface area contributed by atoms with E-state index in [1.165, 1.54) is 11.3 Å². The summed E-state index contributed by atoms with van der Waals surface area (Å²) in [5.74, 6) is -0.808. The molecular formula is C10H10BrClO3S. The molecule has 1 N–H and O–H groups in total. The number of carbonyl (C=O) groups is 2. The van der Waals surface area contributed by atoms with Crippen LogP contribution in [0.25, 0.3) is 0 Å². The van der Waals surface area contributed by atoms with E-state index in [1.54, 1.807) is 6.07 Å². The van der Waals surface area contributed by atoms with Crippen LogP contribution in [0.3, 0.4) is 0 Å². The van der Waals surface area contributed by atoms with Gasteiger partial charge in [0.1, 0.15) is 0 Å². The second kappa shape index (κ2) is 6.37. The number of hydrogen-bond acceptors (Lipinski definition) is 3. The molecule has 0 aliphatic carbocycles. The Hall–Kier alpha value is -0.390. The zero-order valence-electron chi connectivity index (χ0n) is 8.33. The van der Waals surface area contributed by atoms with Crippen molar-refractivity contribution in [2.75, 3.05) is 0 Å². The quantitative estimate of drug-likeness (QED) is 0.635. The van der Waals surface area contributed by atoms with Crippen LogP contribution >= 0.6 is 38.9 Å². The largest absolute Gasteiger partial charge is 0.481 e. The van der Waals surface area contributed by atoms with Crippen molar-refractivity contribution in [1.82, 2.24) is 0 Å². The number of carbonyl (C=O) groups excluding carboxylic acids is 1. The zero-order chi connectivity index (χ0) is 12.1. The number of thiophene rings is 1. The van der Waals surface area contributed by atoms with E-state index in [-0.39, 0.29) is 12.2 Å². The summed E-state index contributed by atoms with van der Waals surface area (Å²) in [4.78, 5) is 22.5. The normalized spacial score (nSPS) is 10.4. The third kappa shape index (κ3) is 4.23. The van der Waals surface area contributed by atoms with Gasteiger partial charge in [-0.15, -0.1) is 11.3 Å². The Morgan fingerprint density at radius 1 is 1.38 bits per heavy atom. The van der Waals surface area contributed by atoms with Gasteiger partial charge in [-0.1, -0.05) is 11.6 Å². The first-order valence-corrected chi connectivity index (χ1v) is 6.69. The lowest BCUT2D eigenvalue weighted by Crippen LogP contribution is -1.98. The molecule has 0 saturated carbocycles. The Balaban J connectivity index is 2.38. The fourth-order valence-corrected chi connectivity index (χ4v) is 2.84. The van der Waals surface area contributed by atoms with E-state index in [2.05, 4.69) is 15.9 Å². The molecule has 0 fully saturated rings. The van der Waals surface area contributed by atoms with Gasteiger partial charge in [0.2, 0.25) is 0 Å². The predicted octanol–water partition coefficient (Wildman–Crippen LogP) is 3.99. The molecule has 0 saturated heterocycles. The van der Waals surface area contributed by atoms with Crippen LogP contribution in [-0.2, 0) is 4.79 Å². The van der Waals surface area contributed by atoms with E-state index < -0.39 is 5.97 Å². The number of carboxylic acids is 1. The van der Waals surface area contributed by atoms with Gasteiger partial charge in [-0.3, -0.25) is 9.59 Å². The lowest BCUT2D eigenvalue weighted by molar-refractivity contribution is -0.137. The molecule has 0 atom stereocenters. The predicted molar refractivity (Wildman–Crippen MR) is 67.5 cm³/mol. The second-order valence-corrected chi connectivity index (χ2v) is 6.03. The first-order valence-electron chi connectivity index (χ1n) is 4.70. The minimum atomic E-state index is -0.825. The van der Waals surface area contributed by atoms with Crippen molar-refractivity contribution in [3.8, 4) is 0 Å². The van der Waals surface area contributed by atoms with Crippen LogP contribution in [0.1, 0.15) is 35.4 Å². The Kier molecular flexibility index (Phi) is 5.44. The van der Waals surface area contributed by atoms with E-state index >= 15 is 0 Å². The van der Waals surface area contributed by atoms with Crippen LogP contribution in [0, 0.1) is 0 Å². The molecule has 16 heavy (non-hydrogen) atoms. The Labute approximate surface area is 111 Å². The maximum absolute atomic E-state index is 11.6. The molecule has 0 amide bonds. The third-order valence-corrected chi connectivity index (χ3v) is 4.48. The molecule has 1 heterocycles. The first-order chi connectivity index (χ1) is 7.50. The summed E-state index contributed by atoms with van der Waals surface area (Å²) in [6.45, 7) is 0. The van der Waals surface area contributed by atoms with Crippen molar-refractivity contribution in [1.29, 1.82) is 0 Å². The van der Waals surface area contributed by atoms with E-state index in [4.69, 9.17) is 16.7 Å². The molecule has 1 rings (SSSR count). The first kappa shape index (κ1) is 13.7. The summed E-state index contributed by atoms with van der Waals surface area (Å²) in [5, 5.41) is 8.97. The van der Waals surface area contributed by atoms with Crippen molar-refractivity contribution < 1.29 is 14.7 Å². The van der Waals surface area contributed by atoms with Crippen molar-refractivity contribution in [2.24, 2.45) is 0 Å². The van der Waals surface area contributed by atoms with Crippen LogP contribution < -0.4 is 0 Å². The van der Waals surface area contributed by atoms with Crippen molar-refractivity contribution in [2.45, 2.75) is 25.7 Å². The van der Waals surface area contributed by atoms with Crippen LogP contribution in [0.15, 0.2) is 9.85 Å². The Bertz CT molecular complexity index is 383. The minimum absolute atomic E-state index is 0.0167.